The first-order valence-electron chi connectivity index (χ1n) is 6.67. The van der Waals surface area contributed by atoms with Gasteiger partial charge in [0.05, 0.1) is 6.04 Å². The zero-order valence-corrected chi connectivity index (χ0v) is 11.2. The SMILES string of the molecule is CC[C@H](N)C(=O)N1CCCC1Cn1ccnc1C. The highest BCUT2D eigenvalue weighted by Crippen LogP contribution is 2.20. The Morgan fingerprint density at radius 1 is 1.67 bits per heavy atom. The van der Waals surface area contributed by atoms with Gasteiger partial charge in [-0.1, -0.05) is 6.92 Å². The first-order valence-corrected chi connectivity index (χ1v) is 6.67. The van der Waals surface area contributed by atoms with Crippen molar-refractivity contribution in [3.05, 3.63) is 18.2 Å². The summed E-state index contributed by atoms with van der Waals surface area (Å²) >= 11 is 0. The van der Waals surface area contributed by atoms with Crippen LogP contribution in [0.4, 0.5) is 0 Å². The number of nitrogens with two attached hydrogens (primary N) is 1. The summed E-state index contributed by atoms with van der Waals surface area (Å²) in [6.45, 7) is 5.60. The van der Waals surface area contributed by atoms with Crippen LogP contribution in [0.3, 0.4) is 0 Å². The summed E-state index contributed by atoms with van der Waals surface area (Å²) < 4.78 is 2.10. The van der Waals surface area contributed by atoms with Crippen LogP contribution in [0, 0.1) is 6.92 Å². The summed E-state index contributed by atoms with van der Waals surface area (Å²) in [5, 5.41) is 0. The Morgan fingerprint density at radius 2 is 2.44 bits per heavy atom. The molecule has 2 rings (SSSR count). The van der Waals surface area contributed by atoms with Gasteiger partial charge in [0.15, 0.2) is 0 Å². The van der Waals surface area contributed by atoms with Crippen LogP contribution >= 0.6 is 0 Å². The van der Waals surface area contributed by atoms with E-state index in [2.05, 4.69) is 9.55 Å². The van der Waals surface area contributed by atoms with Crippen LogP contribution in [0.2, 0.25) is 0 Å². The highest BCUT2D eigenvalue weighted by atomic mass is 16.2. The van der Waals surface area contributed by atoms with Gasteiger partial charge < -0.3 is 15.2 Å². The summed E-state index contributed by atoms with van der Waals surface area (Å²) in [4.78, 5) is 18.3. The maximum absolute atomic E-state index is 12.2. The van der Waals surface area contributed by atoms with Crippen LogP contribution in [0.25, 0.3) is 0 Å². The van der Waals surface area contributed by atoms with Crippen molar-refractivity contribution in [2.45, 2.75) is 51.7 Å². The second-order valence-corrected chi connectivity index (χ2v) is 4.97. The average Bonchev–Trinajstić information content (AvgIpc) is 2.98. The highest BCUT2D eigenvalue weighted by molar-refractivity contribution is 5.82. The number of likely N-dealkylation sites (tertiary alicyclic amines) is 1. The third kappa shape index (κ3) is 2.56. The molecule has 18 heavy (non-hydrogen) atoms. The number of hydrogen-bond donors (Lipinski definition) is 1. The molecule has 2 heterocycles. The first-order chi connectivity index (χ1) is 8.63. The molecule has 1 aliphatic rings. The minimum absolute atomic E-state index is 0.0952. The van der Waals surface area contributed by atoms with Crippen LogP contribution in [0.5, 0.6) is 0 Å². The Bertz CT molecular complexity index is 415. The second kappa shape index (κ2) is 5.52. The van der Waals surface area contributed by atoms with E-state index in [-0.39, 0.29) is 18.0 Å². The smallest absolute Gasteiger partial charge is 0.239 e. The van der Waals surface area contributed by atoms with Crippen molar-refractivity contribution < 1.29 is 4.79 Å². The zero-order valence-electron chi connectivity index (χ0n) is 11.2. The molecular weight excluding hydrogens is 228 g/mol. The molecule has 0 spiro atoms. The number of carbonyl (C=O) groups is 1. The first kappa shape index (κ1) is 13.1. The van der Waals surface area contributed by atoms with Gasteiger partial charge in [-0.3, -0.25) is 4.79 Å². The van der Waals surface area contributed by atoms with E-state index in [1.54, 1.807) is 6.20 Å². The number of nitrogens with zero attached hydrogens (tertiary/aromatic N) is 3. The minimum Gasteiger partial charge on any atom is -0.337 e. The predicted octanol–water partition coefficient (Wildman–Crippen LogP) is 0.920. The van der Waals surface area contributed by atoms with E-state index >= 15 is 0 Å². The standard InChI is InChI=1S/C13H22N4O/c1-3-12(14)13(18)17-7-4-5-11(17)9-16-8-6-15-10(16)2/h6,8,11-12H,3-5,7,9,14H2,1-2H3/t11?,12-/m0/s1. The number of amides is 1. The Labute approximate surface area is 108 Å². The summed E-state index contributed by atoms with van der Waals surface area (Å²) in [7, 11) is 0. The van der Waals surface area contributed by atoms with E-state index < -0.39 is 0 Å². The molecule has 1 aromatic heterocycles. The third-order valence-electron chi connectivity index (χ3n) is 3.75. The molecule has 0 bridgehead atoms. The molecule has 1 amide bonds. The van der Waals surface area contributed by atoms with Gasteiger partial charge in [0.25, 0.3) is 0 Å². The largest absolute Gasteiger partial charge is 0.337 e. The topological polar surface area (TPSA) is 64.2 Å². The Hall–Kier alpha value is -1.36. The lowest BCUT2D eigenvalue weighted by molar-refractivity contribution is -0.133. The van der Waals surface area contributed by atoms with Crippen molar-refractivity contribution in [2.24, 2.45) is 5.73 Å². The monoisotopic (exact) mass is 250 g/mol. The lowest BCUT2D eigenvalue weighted by Crippen LogP contribution is -2.46. The summed E-state index contributed by atoms with van der Waals surface area (Å²) in [5.41, 5.74) is 5.85. The Morgan fingerprint density at radius 3 is 3.06 bits per heavy atom. The number of aryl methyl sites for hydroxylation is 1. The molecule has 5 heteroatoms. The van der Waals surface area contributed by atoms with E-state index in [0.717, 1.165) is 31.8 Å². The van der Waals surface area contributed by atoms with Gasteiger partial charge in [-0.05, 0) is 26.2 Å². The molecule has 2 N–H and O–H groups in total. The summed E-state index contributed by atoms with van der Waals surface area (Å²) in [5.74, 6) is 1.09. The van der Waals surface area contributed by atoms with Crippen molar-refractivity contribution in [3.63, 3.8) is 0 Å². The maximum atomic E-state index is 12.2. The third-order valence-corrected chi connectivity index (χ3v) is 3.75. The fourth-order valence-electron chi connectivity index (χ4n) is 2.53. The Kier molecular flexibility index (Phi) is 4.01. The summed E-state index contributed by atoms with van der Waals surface area (Å²) in [6.07, 6.45) is 6.59. The molecular formula is C13H22N4O. The van der Waals surface area contributed by atoms with Gasteiger partial charge in [0.1, 0.15) is 5.82 Å². The van der Waals surface area contributed by atoms with Crippen molar-refractivity contribution in [2.75, 3.05) is 6.54 Å². The van der Waals surface area contributed by atoms with Crippen LogP contribution < -0.4 is 5.73 Å². The van der Waals surface area contributed by atoms with Gasteiger partial charge in [0, 0.05) is 31.5 Å². The van der Waals surface area contributed by atoms with Gasteiger partial charge in [-0.25, -0.2) is 4.98 Å². The summed E-state index contributed by atoms with van der Waals surface area (Å²) in [6, 6.07) is -0.0857. The van der Waals surface area contributed by atoms with Gasteiger partial charge >= 0.3 is 0 Å². The van der Waals surface area contributed by atoms with E-state index in [4.69, 9.17) is 5.73 Å². The lowest BCUT2D eigenvalue weighted by atomic mass is 10.1. The fraction of sp³-hybridized carbons (Fsp3) is 0.692. The van der Waals surface area contributed by atoms with Gasteiger partial charge in [-0.2, -0.15) is 0 Å². The number of hydrogen-bond acceptors (Lipinski definition) is 3. The van der Waals surface area contributed by atoms with E-state index in [0.29, 0.717) is 6.42 Å². The van der Waals surface area contributed by atoms with E-state index in [9.17, 15) is 4.79 Å². The predicted molar refractivity (Wildman–Crippen MR) is 70.0 cm³/mol. The lowest BCUT2D eigenvalue weighted by Gasteiger charge is -2.27. The van der Waals surface area contributed by atoms with Crippen LogP contribution in [0.1, 0.15) is 32.0 Å². The van der Waals surface area contributed by atoms with Crippen molar-refractivity contribution >= 4 is 5.91 Å². The quantitative estimate of drug-likeness (QED) is 0.864. The molecule has 0 aliphatic carbocycles. The van der Waals surface area contributed by atoms with Crippen molar-refractivity contribution in [1.29, 1.82) is 0 Å². The average molecular weight is 250 g/mol. The molecule has 1 unspecified atom stereocenters. The van der Waals surface area contributed by atoms with E-state index in [1.807, 2.05) is 24.9 Å². The van der Waals surface area contributed by atoms with Gasteiger partial charge in [0.2, 0.25) is 5.91 Å². The zero-order chi connectivity index (χ0) is 13.1. The molecule has 0 radical (unpaired) electrons. The molecule has 5 nitrogen and oxygen atoms in total. The number of aromatic nitrogens is 2. The van der Waals surface area contributed by atoms with Crippen LogP contribution in [0.15, 0.2) is 12.4 Å². The normalized spacial score (nSPS) is 21.3. The number of imidazole rings is 1. The molecule has 1 aromatic rings. The maximum Gasteiger partial charge on any atom is 0.239 e. The second-order valence-electron chi connectivity index (χ2n) is 4.97. The molecule has 100 valence electrons. The highest BCUT2D eigenvalue weighted by Gasteiger charge is 2.31. The van der Waals surface area contributed by atoms with Crippen molar-refractivity contribution in [1.82, 2.24) is 14.5 Å². The number of rotatable bonds is 4. The van der Waals surface area contributed by atoms with Crippen LogP contribution in [-0.4, -0.2) is 39.0 Å². The molecule has 1 fully saturated rings. The fourth-order valence-corrected chi connectivity index (χ4v) is 2.53. The molecule has 1 saturated heterocycles. The minimum atomic E-state index is -0.352. The van der Waals surface area contributed by atoms with Crippen LogP contribution in [-0.2, 0) is 11.3 Å². The van der Waals surface area contributed by atoms with Crippen molar-refractivity contribution in [3.8, 4) is 0 Å². The molecule has 0 aromatic carbocycles. The van der Waals surface area contributed by atoms with E-state index in [1.165, 1.54) is 0 Å². The molecule has 0 saturated carbocycles. The van der Waals surface area contributed by atoms with Gasteiger partial charge in [-0.15, -0.1) is 0 Å². The Balaban J connectivity index is 2.04. The molecule has 1 aliphatic heterocycles. The number of carbonyl (C=O) groups excluding carboxylic acids is 1. The molecule has 2 atom stereocenters.